The van der Waals surface area contributed by atoms with Crippen LogP contribution in [-0.4, -0.2) is 393 Å². The average molecular weight is 1710 g/mol. The summed E-state index contributed by atoms with van der Waals surface area (Å²) < 4.78 is 28.4. The number of ether oxygens (including phenoxy) is 4. The first-order chi connectivity index (χ1) is 67.5. The number of nitrogens with zero attached hydrogens (tertiary/aromatic N) is 6. The molecule has 0 saturated carbocycles. The minimum atomic E-state index is -0.620. The van der Waals surface area contributed by atoms with Crippen molar-refractivity contribution in [3.05, 3.63) is 190 Å². The molecule has 10 aliphatic rings. The molecule has 0 spiro atoms. The van der Waals surface area contributed by atoms with E-state index in [0.29, 0.717) is 164 Å². The highest BCUT2D eigenvalue weighted by molar-refractivity contribution is 7.34. The molecule has 8 fully saturated rings. The van der Waals surface area contributed by atoms with Crippen LogP contribution >= 0.6 is 0 Å². The second-order valence-corrected chi connectivity index (χ2v) is 40.4. The van der Waals surface area contributed by atoms with E-state index in [1.165, 1.54) is 0 Å². The van der Waals surface area contributed by atoms with Gasteiger partial charge in [0.15, 0.2) is 23.3 Å². The predicted octanol–water partition coefficient (Wildman–Crippen LogP) is 0.575. The fourth-order valence-electron chi connectivity index (χ4n) is 24.0. The smallest absolute Gasteiger partial charge is 0.164 e. The summed E-state index contributed by atoms with van der Waals surface area (Å²) in [6.07, 6.45) is 3.59. The number of rotatable bonds is 40. The van der Waals surface area contributed by atoms with Gasteiger partial charge in [-0.15, -0.1) is 87.4 Å². The highest BCUT2D eigenvalue weighted by atomic mass is 16.5. The van der Waals surface area contributed by atoms with Crippen LogP contribution in [0.25, 0.3) is 89.7 Å². The lowest BCUT2D eigenvalue weighted by Gasteiger charge is -2.22. The van der Waals surface area contributed by atoms with Crippen LogP contribution in [0.4, 0.5) is 0 Å². The van der Waals surface area contributed by atoms with Crippen molar-refractivity contribution in [2.24, 2.45) is 0 Å². The molecule has 21 rings (SSSR count). The molecule has 0 aliphatic carbocycles. The van der Waals surface area contributed by atoms with E-state index in [0.717, 1.165) is 44.5 Å². The molecule has 10 aliphatic heterocycles. The second-order valence-electron chi connectivity index (χ2n) is 40.4. The summed E-state index contributed by atoms with van der Waals surface area (Å²) in [5.41, 5.74) is 9.42. The minimum absolute atomic E-state index is 0.167. The lowest BCUT2D eigenvalue weighted by atomic mass is 9.38. The summed E-state index contributed by atoms with van der Waals surface area (Å²) in [4.78, 5) is 40.4. The number of nitrogens with one attached hydrogen (secondary N) is 2. The summed E-state index contributed by atoms with van der Waals surface area (Å²) >= 11 is 0. The highest BCUT2D eigenvalue weighted by Crippen LogP contribution is 2.69. The largest absolute Gasteiger partial charge is 0.457 e. The molecule has 11 aromatic rings. The number of aromatic amines is 2. The molecule has 0 amide bonds. The molecule has 578 valence electrons. The maximum absolute atomic E-state index is 7.09. The average Bonchev–Trinajstić information content (AvgIpc) is 1.56. The van der Waals surface area contributed by atoms with Crippen molar-refractivity contribution in [2.45, 2.75) is 139 Å². The van der Waals surface area contributed by atoms with Crippen LogP contribution in [0.15, 0.2) is 146 Å². The Morgan fingerprint density at radius 1 is 0.214 bits per heavy atom. The normalized spacial score (nSPS) is 27.3. The number of hydrogen-bond donors (Lipinski definition) is 2. The molecule has 3 aromatic heterocycles. The van der Waals surface area contributed by atoms with Crippen molar-refractivity contribution in [3.63, 3.8) is 0 Å². The zero-order valence-electron chi connectivity index (χ0n) is 77.2. The fourth-order valence-corrected chi connectivity index (χ4v) is 24.0. The van der Waals surface area contributed by atoms with Crippen molar-refractivity contribution >= 4 is 397 Å². The number of hydrogen-bond acceptors (Lipinski definition) is 10. The molecular weight excluding hydrogens is 1660 g/mol. The minimum Gasteiger partial charge on any atom is -0.457 e. The van der Waals surface area contributed by atoms with E-state index in [1.54, 1.807) is 115 Å². The summed E-state index contributed by atoms with van der Waals surface area (Å²) in [6.45, 7) is -2.52. The van der Waals surface area contributed by atoms with Crippen LogP contribution in [0.5, 0.6) is 46.0 Å². The molecule has 64 radical (unpaired) electrons. The Morgan fingerprint density at radius 2 is 0.400 bits per heavy atom. The zero-order valence-corrected chi connectivity index (χ0v) is 77.2. The van der Waals surface area contributed by atoms with Crippen molar-refractivity contribution in [2.75, 3.05) is 0 Å². The summed E-state index contributed by atoms with van der Waals surface area (Å²) in [5.74, 6) is 4.73. The van der Waals surface area contributed by atoms with Gasteiger partial charge in [0.1, 0.15) is 68.6 Å². The van der Waals surface area contributed by atoms with E-state index < -0.39 is 41.7 Å². The van der Waals surface area contributed by atoms with Crippen LogP contribution < -0.4 is 18.9 Å². The number of aromatic nitrogens is 8. The van der Waals surface area contributed by atoms with Gasteiger partial charge in [0.25, 0.3) is 0 Å². The monoisotopic (exact) mass is 1710 g/mol. The van der Waals surface area contributed by atoms with Gasteiger partial charge in [-0.3, -0.25) is 0 Å². The standard InChI is InChI=1S/C80H50B48N8O4/c81-105-65-73(113-89,121(65)97)25-33-9-34(26-74(114-90)66(106-82)122(74)98)14-45(13-33)137-41-1-5-49-53(21-41)61-129-57(49)133-62-54-22-42(138-46-15-35(27-75(115-91)67(107-83)123(75)99)10-36(16-46)28-76(116-92)68(108-84)124(76)100)2-6-50(54)59(130-62)135-64-56-24-44(140-48-19-39(31-79(119-95)71(111-87)127(79)103)12-40(20-48)32-80(120-96)72(112-88)128(80)104)4-8-52(56)60(132-64)136-63-55-23-43(3-7-51(55)58(131-63)134-61)139-47-17-37(29-77(117-93)69(109-85)125(77)101)11-38(18-47)30-78(118-94)70(110-86)126(78)102/h1-24,65-72H,25-32H2,(H2,129,130,131,132,133,134,135,136)/i105+0,106+0,107+0,108+0,109+0,110+0,111+0,112+0,113+0,114+0,115+0,116+0,117+0,118+0,119+0,120+0,121+0,122+0,123+0,124+0,125+0,126+0,127+0,128+0. The van der Waals surface area contributed by atoms with Crippen LogP contribution in [0.3, 0.4) is 0 Å². The lowest BCUT2D eigenvalue weighted by Crippen LogP contribution is -2.17. The van der Waals surface area contributed by atoms with Crippen LogP contribution in [-0.2, 0) is 51.4 Å². The molecule has 8 bridgehead atoms. The van der Waals surface area contributed by atoms with E-state index in [4.69, 9.17) is 235 Å². The molecular formula is C80H50B48N8O4. The van der Waals surface area contributed by atoms with Crippen LogP contribution in [0.2, 0.25) is 87.4 Å². The Bertz CT molecular complexity index is 6320. The molecule has 60 heteroatoms. The van der Waals surface area contributed by atoms with E-state index in [1.807, 2.05) is 121 Å². The van der Waals surface area contributed by atoms with Gasteiger partial charge in [0.05, 0.1) is 110 Å². The quantitative estimate of drug-likeness (QED) is 0.0524. The van der Waals surface area contributed by atoms with Crippen molar-refractivity contribution < 1.29 is 18.9 Å². The second kappa shape index (κ2) is 38.0. The molecule has 13 heterocycles. The molecule has 8 saturated heterocycles. The molecule has 16 atom stereocenters. The van der Waals surface area contributed by atoms with Crippen LogP contribution in [0, 0.1) is 0 Å². The fraction of sp³-hybridized carbons (Fsp3) is 0.300. The van der Waals surface area contributed by atoms with E-state index in [2.05, 4.69) is 34.2 Å². The predicted molar refractivity (Wildman–Crippen MR) is 619 cm³/mol. The molecule has 16 unspecified atom stereocenters. The van der Waals surface area contributed by atoms with Gasteiger partial charge in [0, 0.05) is 287 Å². The SMILES string of the molecule is [B][11B]C1[11B]([B])C1([11B][B])Cc1cc(CC2([11B][B])[11B]([B])C2[11B][B])cc(Oc2ccc3c(c2)-c2nc-3nc3[nH]c(nc4nc(nc5[nH]c(n2)c2ccc(Oc6cc(CC7([11B][B])[11B]([B])C7[11B][B])cc(CC7([11B][B])[11B]([B])C7[11B][B])c6)cc52)-c2ccc(Oc5cc(CC6([11B][B])[11B]([B])C6[11B][B])cc(CC6([11B][B])[11B]([B])C6[11B][B])c5)cc2-4)c2ccc(Oc4cc(CC5([11B][B])[11B]([B])C5[11B][B])cc(CC5([11B][B])[11B]([B])C5[11B][B])c4)cc32)c1. The highest BCUT2D eigenvalue weighted by Gasteiger charge is 2.65. The maximum Gasteiger partial charge on any atom is 0.164 e. The van der Waals surface area contributed by atoms with Crippen molar-refractivity contribution in [3.8, 4) is 91.5 Å². The molecule has 140 heavy (non-hydrogen) atoms. The number of benzene rings is 8. The maximum atomic E-state index is 7.09. The lowest BCUT2D eigenvalue weighted by molar-refractivity contribution is 0.481. The first kappa shape index (κ1) is 99.4. The van der Waals surface area contributed by atoms with Gasteiger partial charge in [-0.2, -0.15) is 0 Å². The van der Waals surface area contributed by atoms with E-state index in [-0.39, 0.29) is 122 Å². The molecule has 8 aromatic carbocycles. The zero-order chi connectivity index (χ0) is 98.1. The summed E-state index contributed by atoms with van der Waals surface area (Å²) in [5, 5.41) is -2.58. The van der Waals surface area contributed by atoms with Crippen molar-refractivity contribution in [1.29, 1.82) is 0 Å². The van der Waals surface area contributed by atoms with Gasteiger partial charge < -0.3 is 28.9 Å². The third-order valence-electron chi connectivity index (χ3n) is 33.1. The van der Waals surface area contributed by atoms with Gasteiger partial charge in [-0.25, -0.2) is 29.9 Å². The van der Waals surface area contributed by atoms with Gasteiger partial charge >= 0.3 is 0 Å². The number of H-pyrrole nitrogens is 2. The topological polar surface area (TPSA) is 146 Å². The first-order valence-electron chi connectivity index (χ1n) is 47.1. The Morgan fingerprint density at radius 3 is 0.593 bits per heavy atom. The van der Waals surface area contributed by atoms with Gasteiger partial charge in [-0.1, -0.05) is 24.3 Å². The third kappa shape index (κ3) is 16.7. The Balaban J connectivity index is 0.747. The van der Waals surface area contributed by atoms with E-state index >= 15 is 0 Å². The number of fused-ring (bicyclic) bond motifs is 20. The summed E-state index contributed by atoms with van der Waals surface area (Å²) in [6, 6.07) is 46.9. The third-order valence-corrected chi connectivity index (χ3v) is 33.1. The Hall–Kier alpha value is -6.56. The van der Waals surface area contributed by atoms with E-state index in [9.17, 15) is 0 Å². The molecule has 12 nitrogen and oxygen atoms in total. The Labute approximate surface area is 869 Å². The van der Waals surface area contributed by atoms with Crippen LogP contribution in [0.1, 0.15) is 44.5 Å². The first-order valence-corrected chi connectivity index (χ1v) is 47.1. The molecule has 2 N–H and O–H groups in total. The summed E-state index contributed by atoms with van der Waals surface area (Å²) in [7, 11) is 181. The van der Waals surface area contributed by atoms with Gasteiger partial charge in [0.2, 0.25) is 0 Å². The van der Waals surface area contributed by atoms with Gasteiger partial charge in [-0.05, 0) is 217 Å². The van der Waals surface area contributed by atoms with Crippen molar-refractivity contribution in [1.82, 2.24) is 39.9 Å². The Kier molecular flexibility index (Phi) is 27.0.